The van der Waals surface area contributed by atoms with Gasteiger partial charge in [-0.25, -0.2) is 0 Å². The molecule has 0 fully saturated rings. The van der Waals surface area contributed by atoms with E-state index in [0.717, 1.165) is 11.8 Å². The molecule has 0 aromatic carbocycles. The minimum Gasteiger partial charge on any atom is -0.0673 e. The zero-order chi connectivity index (χ0) is 10.3. The van der Waals surface area contributed by atoms with Crippen molar-refractivity contribution in [2.45, 2.75) is 59.8 Å². The first-order chi connectivity index (χ1) is 6.56. The lowest BCUT2D eigenvalue weighted by Gasteiger charge is -2.26. The highest BCUT2D eigenvalue weighted by atomic mass is 14.4. The number of allylic oxidation sites excluding steroid dienone is 2. The zero-order valence-corrected chi connectivity index (χ0v) is 10.2. The quantitative estimate of drug-likeness (QED) is 0.534. The normalized spacial score (nSPS) is 42.9. The fourth-order valence-electron chi connectivity index (χ4n) is 3.29. The molecule has 0 heterocycles. The summed E-state index contributed by atoms with van der Waals surface area (Å²) in [6.45, 7) is 9.70. The third-order valence-electron chi connectivity index (χ3n) is 4.72. The van der Waals surface area contributed by atoms with Gasteiger partial charge in [0.25, 0.3) is 0 Å². The van der Waals surface area contributed by atoms with Crippen molar-refractivity contribution in [3.05, 3.63) is 11.1 Å². The molecule has 0 amide bonds. The number of hydrogen-bond acceptors (Lipinski definition) is 0. The van der Waals surface area contributed by atoms with Gasteiger partial charge in [0.05, 0.1) is 0 Å². The molecular weight excluding hydrogens is 168 g/mol. The molecule has 2 unspecified atom stereocenters. The highest BCUT2D eigenvalue weighted by Gasteiger charge is 2.38. The van der Waals surface area contributed by atoms with Gasteiger partial charge in [0.15, 0.2) is 0 Å². The van der Waals surface area contributed by atoms with E-state index in [4.69, 9.17) is 0 Å². The second-order valence-electron chi connectivity index (χ2n) is 5.95. The van der Waals surface area contributed by atoms with Gasteiger partial charge in [0, 0.05) is 0 Å². The van der Waals surface area contributed by atoms with Crippen LogP contribution in [0.25, 0.3) is 0 Å². The van der Waals surface area contributed by atoms with Gasteiger partial charge in [-0.2, -0.15) is 0 Å². The SMILES string of the molecule is CCC1(C)CC2=C(C1)C(C)CCC2C. The Labute approximate surface area is 88.8 Å². The number of rotatable bonds is 1. The Balaban J connectivity index is 2.24. The van der Waals surface area contributed by atoms with Gasteiger partial charge in [-0.05, 0) is 42.9 Å². The van der Waals surface area contributed by atoms with E-state index in [9.17, 15) is 0 Å². The van der Waals surface area contributed by atoms with Gasteiger partial charge >= 0.3 is 0 Å². The largest absolute Gasteiger partial charge is 0.0673 e. The molecule has 0 aromatic rings. The highest BCUT2D eigenvalue weighted by molar-refractivity contribution is 5.29. The molecule has 80 valence electrons. The van der Waals surface area contributed by atoms with Crippen molar-refractivity contribution < 1.29 is 0 Å². The summed E-state index contributed by atoms with van der Waals surface area (Å²) in [5.41, 5.74) is 4.29. The van der Waals surface area contributed by atoms with E-state index in [-0.39, 0.29) is 0 Å². The second kappa shape index (κ2) is 3.40. The van der Waals surface area contributed by atoms with Crippen molar-refractivity contribution in [3.63, 3.8) is 0 Å². The monoisotopic (exact) mass is 192 g/mol. The second-order valence-corrected chi connectivity index (χ2v) is 5.95. The van der Waals surface area contributed by atoms with Crippen LogP contribution in [0.3, 0.4) is 0 Å². The molecule has 0 bridgehead atoms. The van der Waals surface area contributed by atoms with Crippen LogP contribution >= 0.6 is 0 Å². The third-order valence-corrected chi connectivity index (χ3v) is 4.72. The lowest BCUT2D eigenvalue weighted by atomic mass is 9.80. The Hall–Kier alpha value is -0.260. The summed E-state index contributed by atoms with van der Waals surface area (Å²) >= 11 is 0. The maximum absolute atomic E-state index is 2.48. The first-order valence-electron chi connectivity index (χ1n) is 6.27. The molecule has 2 aliphatic rings. The smallest absolute Gasteiger partial charge is 0.0228 e. The van der Waals surface area contributed by atoms with Crippen LogP contribution < -0.4 is 0 Å². The molecule has 0 saturated heterocycles. The van der Waals surface area contributed by atoms with Crippen molar-refractivity contribution in [2.75, 3.05) is 0 Å². The minimum atomic E-state index is 0.609. The first kappa shape index (κ1) is 10.3. The molecule has 0 aromatic heterocycles. The van der Waals surface area contributed by atoms with Gasteiger partial charge in [-0.15, -0.1) is 0 Å². The van der Waals surface area contributed by atoms with Crippen molar-refractivity contribution >= 4 is 0 Å². The van der Waals surface area contributed by atoms with Crippen LogP contribution in [0.5, 0.6) is 0 Å². The molecule has 2 aliphatic carbocycles. The molecule has 0 radical (unpaired) electrons. The maximum Gasteiger partial charge on any atom is -0.0228 e. The summed E-state index contributed by atoms with van der Waals surface area (Å²) in [5.74, 6) is 1.77. The van der Waals surface area contributed by atoms with Crippen LogP contribution in [0.4, 0.5) is 0 Å². The van der Waals surface area contributed by atoms with Gasteiger partial charge < -0.3 is 0 Å². The average Bonchev–Trinajstić information content (AvgIpc) is 2.52. The van der Waals surface area contributed by atoms with Crippen LogP contribution in [0, 0.1) is 17.3 Å². The van der Waals surface area contributed by atoms with Crippen molar-refractivity contribution in [3.8, 4) is 0 Å². The summed E-state index contributed by atoms with van der Waals surface area (Å²) in [6.07, 6.45) is 6.99. The predicted octanol–water partition coefficient (Wildman–Crippen LogP) is 4.56. The molecule has 0 heteroatoms. The van der Waals surface area contributed by atoms with Crippen LogP contribution in [0.1, 0.15) is 59.8 Å². The van der Waals surface area contributed by atoms with E-state index in [1.165, 1.54) is 32.1 Å². The molecule has 0 aliphatic heterocycles. The Bertz CT molecular complexity index is 237. The molecule has 0 N–H and O–H groups in total. The highest BCUT2D eigenvalue weighted by Crippen LogP contribution is 2.52. The van der Waals surface area contributed by atoms with Gasteiger partial charge in [0.1, 0.15) is 0 Å². The van der Waals surface area contributed by atoms with Crippen LogP contribution in [-0.2, 0) is 0 Å². The molecular formula is C14H24. The third kappa shape index (κ3) is 1.53. The standard InChI is InChI=1S/C14H24/c1-5-14(4)8-12-10(2)6-7-11(3)13(12)9-14/h10-11H,5-9H2,1-4H3. The van der Waals surface area contributed by atoms with Crippen LogP contribution in [0.2, 0.25) is 0 Å². The lowest BCUT2D eigenvalue weighted by molar-refractivity contribution is 0.323. The van der Waals surface area contributed by atoms with Gasteiger partial charge in [-0.1, -0.05) is 45.3 Å². The van der Waals surface area contributed by atoms with Crippen molar-refractivity contribution in [1.82, 2.24) is 0 Å². The fourth-order valence-corrected chi connectivity index (χ4v) is 3.29. The maximum atomic E-state index is 2.48. The van der Waals surface area contributed by atoms with Crippen molar-refractivity contribution in [1.29, 1.82) is 0 Å². The topological polar surface area (TPSA) is 0 Å². The Morgan fingerprint density at radius 2 is 1.50 bits per heavy atom. The van der Waals surface area contributed by atoms with Crippen molar-refractivity contribution in [2.24, 2.45) is 17.3 Å². The summed E-state index contributed by atoms with van der Waals surface area (Å²) in [4.78, 5) is 0. The summed E-state index contributed by atoms with van der Waals surface area (Å²) in [6, 6.07) is 0. The Kier molecular flexibility index (Phi) is 2.49. The van der Waals surface area contributed by atoms with Crippen LogP contribution in [0.15, 0.2) is 11.1 Å². The van der Waals surface area contributed by atoms with E-state index in [0.29, 0.717) is 5.41 Å². The molecule has 0 saturated carbocycles. The predicted molar refractivity (Wildman–Crippen MR) is 62.2 cm³/mol. The molecule has 0 spiro atoms. The van der Waals surface area contributed by atoms with E-state index in [2.05, 4.69) is 27.7 Å². The van der Waals surface area contributed by atoms with Crippen LogP contribution in [-0.4, -0.2) is 0 Å². The summed E-state index contributed by atoms with van der Waals surface area (Å²) in [5, 5.41) is 0. The molecule has 0 nitrogen and oxygen atoms in total. The molecule has 14 heavy (non-hydrogen) atoms. The minimum absolute atomic E-state index is 0.609. The Morgan fingerprint density at radius 1 is 1.07 bits per heavy atom. The van der Waals surface area contributed by atoms with E-state index in [1.54, 1.807) is 0 Å². The fraction of sp³-hybridized carbons (Fsp3) is 0.857. The molecule has 2 rings (SSSR count). The first-order valence-corrected chi connectivity index (χ1v) is 6.27. The summed E-state index contributed by atoms with van der Waals surface area (Å²) in [7, 11) is 0. The summed E-state index contributed by atoms with van der Waals surface area (Å²) < 4.78 is 0. The molecule has 2 atom stereocenters. The van der Waals surface area contributed by atoms with Gasteiger partial charge in [-0.3, -0.25) is 0 Å². The lowest BCUT2D eigenvalue weighted by Crippen LogP contribution is -2.12. The number of hydrogen-bond donors (Lipinski definition) is 0. The zero-order valence-electron chi connectivity index (χ0n) is 10.2. The van der Waals surface area contributed by atoms with Gasteiger partial charge in [0.2, 0.25) is 0 Å². The van der Waals surface area contributed by atoms with E-state index < -0.39 is 0 Å². The van der Waals surface area contributed by atoms with E-state index >= 15 is 0 Å². The Morgan fingerprint density at radius 3 is 1.86 bits per heavy atom. The average molecular weight is 192 g/mol. The van der Waals surface area contributed by atoms with E-state index in [1.807, 2.05) is 11.1 Å².